The van der Waals surface area contributed by atoms with Crippen LogP contribution in [0.4, 0.5) is 5.69 Å². The maximum Gasteiger partial charge on any atom is 0.303 e. The quantitative estimate of drug-likeness (QED) is 0.791. The predicted octanol–water partition coefficient (Wildman–Crippen LogP) is 0.917. The molecule has 0 aliphatic carbocycles. The molecule has 0 fully saturated rings. The first-order valence-electron chi connectivity index (χ1n) is 4.98. The summed E-state index contributed by atoms with van der Waals surface area (Å²) in [4.78, 5) is 21.9. The van der Waals surface area contributed by atoms with E-state index < -0.39 is 11.9 Å². The van der Waals surface area contributed by atoms with Gasteiger partial charge in [0.1, 0.15) is 0 Å². The molecule has 2 rings (SSSR count). The fourth-order valence-electron chi connectivity index (χ4n) is 1.34. The van der Waals surface area contributed by atoms with Crippen molar-refractivity contribution in [1.29, 1.82) is 0 Å². The molecule has 0 bridgehead atoms. The molecule has 1 N–H and O–H groups in total. The normalized spacial score (nSPS) is 12.1. The fraction of sp³-hybridized carbons (Fsp3) is 0.273. The molecule has 90 valence electrons. The van der Waals surface area contributed by atoms with Crippen LogP contribution >= 0.6 is 0 Å². The van der Waals surface area contributed by atoms with E-state index in [1.165, 1.54) is 6.92 Å². The number of anilines is 1. The molecule has 1 heterocycles. The minimum atomic E-state index is -0.495. The Morgan fingerprint density at radius 3 is 2.88 bits per heavy atom. The summed E-state index contributed by atoms with van der Waals surface area (Å²) in [5.41, 5.74) is 0.561. The third-order valence-corrected chi connectivity index (χ3v) is 2.06. The second kappa shape index (κ2) is 4.73. The van der Waals surface area contributed by atoms with Crippen molar-refractivity contribution in [2.45, 2.75) is 6.92 Å². The van der Waals surface area contributed by atoms with Crippen molar-refractivity contribution >= 4 is 17.6 Å². The second-order valence-corrected chi connectivity index (χ2v) is 3.40. The average molecular weight is 237 g/mol. The fourth-order valence-corrected chi connectivity index (χ4v) is 1.34. The topological polar surface area (TPSA) is 73.9 Å². The molecule has 0 radical (unpaired) electrons. The van der Waals surface area contributed by atoms with Gasteiger partial charge in [0.25, 0.3) is 5.91 Å². The van der Waals surface area contributed by atoms with E-state index in [4.69, 9.17) is 9.47 Å². The number of fused-ring (bicyclic) bond motifs is 1. The van der Waals surface area contributed by atoms with Crippen LogP contribution in [0.3, 0.4) is 0 Å². The highest BCUT2D eigenvalue weighted by Gasteiger charge is 2.14. The van der Waals surface area contributed by atoms with Crippen molar-refractivity contribution < 1.29 is 23.8 Å². The van der Waals surface area contributed by atoms with E-state index in [0.29, 0.717) is 17.2 Å². The molecular formula is C11H11NO5. The molecular weight excluding hydrogens is 226 g/mol. The van der Waals surface area contributed by atoms with Gasteiger partial charge in [-0.15, -0.1) is 0 Å². The zero-order chi connectivity index (χ0) is 12.3. The zero-order valence-electron chi connectivity index (χ0n) is 9.19. The van der Waals surface area contributed by atoms with Gasteiger partial charge in [0.2, 0.25) is 6.79 Å². The summed E-state index contributed by atoms with van der Waals surface area (Å²) in [7, 11) is 0. The van der Waals surface area contributed by atoms with Crippen LogP contribution in [-0.4, -0.2) is 25.3 Å². The van der Waals surface area contributed by atoms with Crippen LogP contribution in [0.5, 0.6) is 11.5 Å². The molecule has 0 atom stereocenters. The maximum absolute atomic E-state index is 11.4. The first-order chi connectivity index (χ1) is 8.15. The third kappa shape index (κ3) is 2.87. The van der Waals surface area contributed by atoms with Crippen molar-refractivity contribution in [2.75, 3.05) is 18.7 Å². The number of carbonyl (C=O) groups is 2. The van der Waals surface area contributed by atoms with Crippen molar-refractivity contribution in [2.24, 2.45) is 0 Å². The van der Waals surface area contributed by atoms with Crippen molar-refractivity contribution in [1.82, 2.24) is 0 Å². The standard InChI is InChI=1S/C11H11NO5/c1-7(13)15-5-11(14)12-8-2-3-9-10(4-8)17-6-16-9/h2-4H,5-6H2,1H3,(H,12,14). The summed E-state index contributed by atoms with van der Waals surface area (Å²) in [6.45, 7) is 1.12. The van der Waals surface area contributed by atoms with Crippen LogP contribution in [0.1, 0.15) is 6.92 Å². The van der Waals surface area contributed by atoms with E-state index >= 15 is 0 Å². The summed E-state index contributed by atoms with van der Waals surface area (Å²) in [6.07, 6.45) is 0. The Labute approximate surface area is 97.5 Å². The van der Waals surface area contributed by atoms with Gasteiger partial charge in [0.15, 0.2) is 18.1 Å². The van der Waals surface area contributed by atoms with Gasteiger partial charge < -0.3 is 19.5 Å². The van der Waals surface area contributed by atoms with Gasteiger partial charge >= 0.3 is 5.97 Å². The van der Waals surface area contributed by atoms with Crippen molar-refractivity contribution in [3.8, 4) is 11.5 Å². The van der Waals surface area contributed by atoms with Gasteiger partial charge in [-0.2, -0.15) is 0 Å². The Balaban J connectivity index is 1.95. The molecule has 0 saturated carbocycles. The molecule has 1 aliphatic heterocycles. The van der Waals surface area contributed by atoms with E-state index in [0.717, 1.165) is 0 Å². The minimum absolute atomic E-state index is 0.181. The largest absolute Gasteiger partial charge is 0.456 e. The Morgan fingerprint density at radius 2 is 2.12 bits per heavy atom. The van der Waals surface area contributed by atoms with Gasteiger partial charge in [0, 0.05) is 18.7 Å². The van der Waals surface area contributed by atoms with E-state index in [2.05, 4.69) is 10.1 Å². The van der Waals surface area contributed by atoms with Gasteiger partial charge in [-0.25, -0.2) is 0 Å². The van der Waals surface area contributed by atoms with Gasteiger partial charge in [0.05, 0.1) is 0 Å². The van der Waals surface area contributed by atoms with E-state index in [9.17, 15) is 9.59 Å². The monoisotopic (exact) mass is 237 g/mol. The number of carbonyl (C=O) groups excluding carboxylic acids is 2. The molecule has 1 aromatic carbocycles. The molecule has 6 nitrogen and oxygen atoms in total. The van der Waals surface area contributed by atoms with Crippen molar-refractivity contribution in [3.05, 3.63) is 18.2 Å². The number of esters is 1. The number of rotatable bonds is 3. The lowest BCUT2D eigenvalue weighted by Gasteiger charge is -2.05. The first kappa shape index (κ1) is 11.3. The predicted molar refractivity (Wildman–Crippen MR) is 57.8 cm³/mol. The van der Waals surface area contributed by atoms with Gasteiger partial charge in [-0.05, 0) is 12.1 Å². The smallest absolute Gasteiger partial charge is 0.303 e. The van der Waals surface area contributed by atoms with Crippen LogP contribution in [-0.2, 0) is 14.3 Å². The summed E-state index contributed by atoms with van der Waals surface area (Å²) in [5.74, 6) is 0.322. The molecule has 1 aliphatic rings. The lowest BCUT2D eigenvalue weighted by atomic mass is 10.3. The van der Waals surface area contributed by atoms with Gasteiger partial charge in [-0.1, -0.05) is 0 Å². The Bertz CT molecular complexity index is 457. The number of benzene rings is 1. The lowest BCUT2D eigenvalue weighted by Crippen LogP contribution is -2.19. The van der Waals surface area contributed by atoms with E-state index in [1.807, 2.05) is 0 Å². The van der Waals surface area contributed by atoms with Crippen LogP contribution in [0, 0.1) is 0 Å². The third-order valence-electron chi connectivity index (χ3n) is 2.06. The molecule has 17 heavy (non-hydrogen) atoms. The molecule has 0 aromatic heterocycles. The molecule has 1 amide bonds. The highest BCUT2D eigenvalue weighted by Crippen LogP contribution is 2.34. The lowest BCUT2D eigenvalue weighted by molar-refractivity contribution is -0.144. The maximum atomic E-state index is 11.4. The molecule has 1 aromatic rings. The average Bonchev–Trinajstić information content (AvgIpc) is 2.73. The summed E-state index contributed by atoms with van der Waals surface area (Å²) < 4.78 is 14.9. The first-order valence-corrected chi connectivity index (χ1v) is 4.98. The van der Waals surface area contributed by atoms with Gasteiger partial charge in [-0.3, -0.25) is 9.59 Å². The Morgan fingerprint density at radius 1 is 1.35 bits per heavy atom. The SMILES string of the molecule is CC(=O)OCC(=O)Nc1ccc2c(c1)OCO2. The minimum Gasteiger partial charge on any atom is -0.456 e. The highest BCUT2D eigenvalue weighted by atomic mass is 16.7. The summed E-state index contributed by atoms with van der Waals surface area (Å²) in [5, 5.41) is 2.58. The summed E-state index contributed by atoms with van der Waals surface area (Å²) >= 11 is 0. The van der Waals surface area contributed by atoms with Crippen LogP contribution in [0.25, 0.3) is 0 Å². The summed E-state index contributed by atoms with van der Waals surface area (Å²) in [6, 6.07) is 5.02. The zero-order valence-corrected chi connectivity index (χ0v) is 9.19. The highest BCUT2D eigenvalue weighted by molar-refractivity contribution is 5.93. The number of hydrogen-bond acceptors (Lipinski definition) is 5. The second-order valence-electron chi connectivity index (χ2n) is 3.40. The van der Waals surface area contributed by atoms with Crippen molar-refractivity contribution in [3.63, 3.8) is 0 Å². The number of amides is 1. The molecule has 0 unspecified atom stereocenters. The molecule has 0 spiro atoms. The van der Waals surface area contributed by atoms with Crippen LogP contribution in [0.2, 0.25) is 0 Å². The van der Waals surface area contributed by atoms with Crippen LogP contribution < -0.4 is 14.8 Å². The Kier molecular flexibility index (Phi) is 3.13. The molecule has 0 saturated heterocycles. The molecule has 6 heteroatoms. The number of hydrogen-bond donors (Lipinski definition) is 1. The van der Waals surface area contributed by atoms with Crippen LogP contribution in [0.15, 0.2) is 18.2 Å². The number of nitrogens with one attached hydrogen (secondary N) is 1. The van der Waals surface area contributed by atoms with E-state index in [-0.39, 0.29) is 13.4 Å². The number of ether oxygens (including phenoxy) is 3. The Hall–Kier alpha value is -2.24. The van der Waals surface area contributed by atoms with E-state index in [1.54, 1.807) is 18.2 Å².